The summed E-state index contributed by atoms with van der Waals surface area (Å²) >= 11 is 1.64. The maximum atomic E-state index is 10.3. The second kappa shape index (κ2) is 4.31. The summed E-state index contributed by atoms with van der Waals surface area (Å²) in [4.78, 5) is 1.14. The van der Waals surface area contributed by atoms with Crippen molar-refractivity contribution in [3.8, 4) is 0 Å². The molecule has 2 rings (SSSR count). The highest BCUT2D eigenvalue weighted by atomic mass is 32.1. The number of aromatic nitrogens is 2. The molecule has 2 heterocycles. The molecule has 1 N–H and O–H groups in total. The maximum absolute atomic E-state index is 10.3. The molecule has 0 bridgehead atoms. The van der Waals surface area contributed by atoms with Gasteiger partial charge in [-0.25, -0.2) is 0 Å². The van der Waals surface area contributed by atoms with Gasteiger partial charge in [-0.15, -0.1) is 11.3 Å². The van der Waals surface area contributed by atoms with Crippen LogP contribution in [0.2, 0.25) is 0 Å². The zero-order chi connectivity index (χ0) is 11.7. The monoisotopic (exact) mass is 234 g/mol. The quantitative estimate of drug-likeness (QED) is 0.868. The van der Waals surface area contributed by atoms with Gasteiger partial charge in [0.2, 0.25) is 0 Å². The predicted molar refractivity (Wildman–Crippen MR) is 64.6 cm³/mol. The van der Waals surface area contributed by atoms with Crippen LogP contribution in [0.15, 0.2) is 17.5 Å². The van der Waals surface area contributed by atoms with Gasteiger partial charge in [0, 0.05) is 10.4 Å². The van der Waals surface area contributed by atoms with Crippen molar-refractivity contribution >= 4 is 11.3 Å². The van der Waals surface area contributed by atoms with E-state index in [0.29, 0.717) is 0 Å². The highest BCUT2D eigenvalue weighted by Gasteiger charge is 2.16. The minimum atomic E-state index is -0.597. The van der Waals surface area contributed by atoms with Crippen molar-refractivity contribution in [2.75, 3.05) is 0 Å². The molecule has 0 fully saturated rings. The van der Waals surface area contributed by atoms with E-state index in [1.54, 1.807) is 11.3 Å². The van der Waals surface area contributed by atoms with Gasteiger partial charge >= 0.3 is 0 Å². The van der Waals surface area contributed by atoms with Crippen LogP contribution in [0, 0.1) is 20.8 Å². The lowest BCUT2D eigenvalue weighted by Crippen LogP contribution is -2.05. The molecule has 0 aliphatic rings. The molecule has 84 valence electrons. The van der Waals surface area contributed by atoms with Gasteiger partial charge in [0.25, 0.3) is 0 Å². The van der Waals surface area contributed by atoms with Gasteiger partial charge in [-0.3, -0.25) is 0 Å². The number of nitrogens with zero attached hydrogens (tertiary/aromatic N) is 2. The van der Waals surface area contributed by atoms with E-state index in [0.717, 1.165) is 27.4 Å². The van der Waals surface area contributed by atoms with Crippen LogP contribution in [0.4, 0.5) is 0 Å². The van der Waals surface area contributed by atoms with Crippen LogP contribution in [-0.4, -0.2) is 15.3 Å². The van der Waals surface area contributed by atoms with Gasteiger partial charge in [-0.1, -0.05) is 0 Å². The molecule has 16 heavy (non-hydrogen) atoms. The number of hydrogen-bond acceptors (Lipinski definition) is 4. The van der Waals surface area contributed by atoms with Crippen LogP contribution in [0.5, 0.6) is 0 Å². The fraction of sp³-hybridized carbons (Fsp3) is 0.333. The molecular formula is C12H14N2OS. The zero-order valence-electron chi connectivity index (χ0n) is 9.56. The number of thiophene rings is 1. The molecule has 2 aromatic rings. The zero-order valence-corrected chi connectivity index (χ0v) is 10.4. The Labute approximate surface area is 98.8 Å². The predicted octanol–water partition coefficient (Wildman–Crippen LogP) is 2.55. The van der Waals surface area contributed by atoms with Crippen molar-refractivity contribution in [3.63, 3.8) is 0 Å². The Morgan fingerprint density at radius 1 is 1.19 bits per heavy atom. The van der Waals surface area contributed by atoms with E-state index in [4.69, 9.17) is 0 Å². The smallest absolute Gasteiger partial charge is 0.107 e. The Hall–Kier alpha value is -1.26. The Morgan fingerprint density at radius 3 is 2.56 bits per heavy atom. The third kappa shape index (κ3) is 1.99. The van der Waals surface area contributed by atoms with Crippen LogP contribution in [-0.2, 0) is 0 Å². The van der Waals surface area contributed by atoms with Gasteiger partial charge in [0.1, 0.15) is 6.10 Å². The van der Waals surface area contributed by atoms with E-state index in [9.17, 15) is 5.11 Å². The molecule has 0 radical (unpaired) electrons. The Morgan fingerprint density at radius 2 is 1.94 bits per heavy atom. The van der Waals surface area contributed by atoms with Crippen molar-refractivity contribution in [3.05, 3.63) is 44.9 Å². The normalized spacial score (nSPS) is 12.8. The molecular weight excluding hydrogens is 220 g/mol. The third-order valence-electron chi connectivity index (χ3n) is 2.63. The van der Waals surface area contributed by atoms with Crippen LogP contribution in [0.3, 0.4) is 0 Å². The van der Waals surface area contributed by atoms with Crippen molar-refractivity contribution in [2.45, 2.75) is 26.9 Å². The van der Waals surface area contributed by atoms with Gasteiger partial charge < -0.3 is 5.11 Å². The Bertz CT molecular complexity index is 507. The SMILES string of the molecule is Cc1cc(C(O)c2ccsc2C)c(C)nn1. The lowest BCUT2D eigenvalue weighted by Gasteiger charge is -2.13. The summed E-state index contributed by atoms with van der Waals surface area (Å²) in [5.41, 5.74) is 3.41. The number of aliphatic hydroxyl groups excluding tert-OH is 1. The number of aryl methyl sites for hydroxylation is 3. The Kier molecular flexibility index (Phi) is 3.03. The topological polar surface area (TPSA) is 46.0 Å². The van der Waals surface area contributed by atoms with Crippen molar-refractivity contribution in [1.82, 2.24) is 10.2 Å². The van der Waals surface area contributed by atoms with Crippen LogP contribution < -0.4 is 0 Å². The lowest BCUT2D eigenvalue weighted by atomic mass is 10.0. The summed E-state index contributed by atoms with van der Waals surface area (Å²) in [7, 11) is 0. The van der Waals surface area contributed by atoms with E-state index in [1.807, 2.05) is 38.3 Å². The highest BCUT2D eigenvalue weighted by Crippen LogP contribution is 2.29. The second-order valence-electron chi connectivity index (χ2n) is 3.86. The molecule has 0 saturated carbocycles. The molecule has 0 aromatic carbocycles. The highest BCUT2D eigenvalue weighted by molar-refractivity contribution is 7.10. The van der Waals surface area contributed by atoms with Crippen LogP contribution >= 0.6 is 11.3 Å². The minimum absolute atomic E-state index is 0.597. The molecule has 1 unspecified atom stereocenters. The van der Waals surface area contributed by atoms with E-state index in [2.05, 4.69) is 10.2 Å². The van der Waals surface area contributed by atoms with Crippen molar-refractivity contribution in [1.29, 1.82) is 0 Å². The van der Waals surface area contributed by atoms with Crippen LogP contribution in [0.25, 0.3) is 0 Å². The number of hydrogen-bond donors (Lipinski definition) is 1. The van der Waals surface area contributed by atoms with E-state index in [1.165, 1.54) is 0 Å². The Balaban J connectivity index is 2.45. The molecule has 0 saturated heterocycles. The van der Waals surface area contributed by atoms with Crippen molar-refractivity contribution in [2.24, 2.45) is 0 Å². The summed E-state index contributed by atoms with van der Waals surface area (Å²) in [6.45, 7) is 5.76. The minimum Gasteiger partial charge on any atom is -0.384 e. The third-order valence-corrected chi connectivity index (χ3v) is 3.49. The molecule has 0 spiro atoms. The summed E-state index contributed by atoms with van der Waals surface area (Å²) in [6, 6.07) is 3.85. The van der Waals surface area contributed by atoms with E-state index < -0.39 is 6.10 Å². The first-order valence-electron chi connectivity index (χ1n) is 5.12. The number of rotatable bonds is 2. The van der Waals surface area contributed by atoms with Crippen molar-refractivity contribution < 1.29 is 5.11 Å². The summed E-state index contributed by atoms with van der Waals surface area (Å²) in [5, 5.41) is 20.3. The molecule has 2 aromatic heterocycles. The fourth-order valence-corrected chi connectivity index (χ4v) is 2.43. The van der Waals surface area contributed by atoms with Gasteiger partial charge in [0.05, 0.1) is 11.4 Å². The standard InChI is InChI=1S/C12H14N2OS/c1-7-6-11(8(2)14-13-7)12(15)10-4-5-16-9(10)3/h4-6,12,15H,1-3H3. The largest absolute Gasteiger partial charge is 0.384 e. The summed E-state index contributed by atoms with van der Waals surface area (Å²) in [6.07, 6.45) is -0.597. The summed E-state index contributed by atoms with van der Waals surface area (Å²) < 4.78 is 0. The van der Waals surface area contributed by atoms with E-state index in [-0.39, 0.29) is 0 Å². The van der Waals surface area contributed by atoms with Gasteiger partial charge in [0.15, 0.2) is 0 Å². The van der Waals surface area contributed by atoms with E-state index >= 15 is 0 Å². The second-order valence-corrected chi connectivity index (χ2v) is 4.98. The average Bonchev–Trinajstić information content (AvgIpc) is 2.67. The molecule has 0 aliphatic carbocycles. The maximum Gasteiger partial charge on any atom is 0.107 e. The summed E-state index contributed by atoms with van der Waals surface area (Å²) in [5.74, 6) is 0. The molecule has 1 atom stereocenters. The molecule has 0 amide bonds. The molecule has 4 heteroatoms. The van der Waals surface area contributed by atoms with Gasteiger partial charge in [-0.2, -0.15) is 10.2 Å². The van der Waals surface area contributed by atoms with Crippen LogP contribution in [0.1, 0.15) is 33.5 Å². The first-order chi connectivity index (χ1) is 7.59. The first-order valence-corrected chi connectivity index (χ1v) is 6.00. The molecule has 0 aliphatic heterocycles. The fourth-order valence-electron chi connectivity index (χ4n) is 1.69. The molecule has 3 nitrogen and oxygen atoms in total. The lowest BCUT2D eigenvalue weighted by molar-refractivity contribution is 0.218. The van der Waals surface area contributed by atoms with Gasteiger partial charge in [-0.05, 0) is 43.8 Å². The average molecular weight is 234 g/mol. The first kappa shape index (κ1) is 11.2. The number of aliphatic hydroxyl groups is 1.